The molecule has 332 valence electrons. The first-order valence-electron chi connectivity index (χ1n) is 24.8. The van der Waals surface area contributed by atoms with Crippen molar-refractivity contribution in [3.8, 4) is 0 Å². The monoisotopic (exact) mass is 793 g/mol. The van der Waals surface area contributed by atoms with Gasteiger partial charge < -0.3 is 14.2 Å². The fraction of sp³-hybridized carbons (Fsp3) is 0.940. The van der Waals surface area contributed by atoms with Crippen LogP contribution in [0.3, 0.4) is 0 Å². The average molecular weight is 793 g/mol. The Hall–Kier alpha value is -1.59. The summed E-state index contributed by atoms with van der Waals surface area (Å²) in [5, 5.41) is 0. The minimum Gasteiger partial charge on any atom is -0.462 e. The van der Waals surface area contributed by atoms with Gasteiger partial charge in [-0.1, -0.05) is 234 Å². The van der Waals surface area contributed by atoms with Crippen LogP contribution in [0.5, 0.6) is 0 Å². The van der Waals surface area contributed by atoms with Gasteiger partial charge in [0.05, 0.1) is 0 Å². The zero-order chi connectivity index (χ0) is 41.2. The summed E-state index contributed by atoms with van der Waals surface area (Å²) in [6.07, 6.45) is 42.4. The first-order chi connectivity index (χ1) is 27.3. The van der Waals surface area contributed by atoms with Crippen LogP contribution in [-0.2, 0) is 28.6 Å². The minimum atomic E-state index is -0.761. The number of carbonyl (C=O) groups excluding carboxylic acids is 3. The molecule has 0 heterocycles. The van der Waals surface area contributed by atoms with Crippen LogP contribution in [-0.4, -0.2) is 37.2 Å². The highest BCUT2D eigenvalue weighted by atomic mass is 16.6. The van der Waals surface area contributed by atoms with Gasteiger partial charge in [0.15, 0.2) is 6.10 Å². The molecule has 0 bridgehead atoms. The summed E-state index contributed by atoms with van der Waals surface area (Å²) in [6, 6.07) is 0. The molecule has 0 aromatic heterocycles. The molecule has 0 aromatic carbocycles. The summed E-state index contributed by atoms with van der Waals surface area (Å²) in [5.41, 5.74) is 0. The highest BCUT2D eigenvalue weighted by Gasteiger charge is 2.19. The minimum absolute atomic E-state index is 0.0650. The molecular weight excluding hydrogens is 697 g/mol. The maximum atomic E-state index is 12.7. The molecule has 0 rings (SSSR count). The van der Waals surface area contributed by atoms with Crippen LogP contribution in [0, 0.1) is 11.8 Å². The molecule has 0 radical (unpaired) electrons. The Morgan fingerprint density at radius 3 is 1.02 bits per heavy atom. The fourth-order valence-corrected chi connectivity index (χ4v) is 7.43. The first-order valence-corrected chi connectivity index (χ1v) is 24.8. The largest absolute Gasteiger partial charge is 0.462 e. The van der Waals surface area contributed by atoms with Crippen LogP contribution in [0.4, 0.5) is 0 Å². The van der Waals surface area contributed by atoms with E-state index >= 15 is 0 Å². The van der Waals surface area contributed by atoms with Crippen LogP contribution >= 0.6 is 0 Å². The van der Waals surface area contributed by atoms with Gasteiger partial charge in [-0.05, 0) is 31.1 Å². The number of esters is 3. The number of unbranched alkanes of at least 4 members (excludes halogenated alkanes) is 28. The molecule has 0 saturated heterocycles. The summed E-state index contributed by atoms with van der Waals surface area (Å²) >= 11 is 0. The number of rotatable bonds is 44. The van der Waals surface area contributed by atoms with E-state index < -0.39 is 6.10 Å². The lowest BCUT2D eigenvalue weighted by atomic mass is 10.00. The molecule has 0 amide bonds. The van der Waals surface area contributed by atoms with Crippen molar-refractivity contribution in [2.24, 2.45) is 11.8 Å². The molecule has 0 spiro atoms. The van der Waals surface area contributed by atoms with E-state index in [9.17, 15) is 14.4 Å². The van der Waals surface area contributed by atoms with Crippen molar-refractivity contribution in [1.29, 1.82) is 0 Å². The van der Waals surface area contributed by atoms with Gasteiger partial charge in [0, 0.05) is 19.3 Å². The summed E-state index contributed by atoms with van der Waals surface area (Å²) in [6.45, 7) is 11.3. The highest BCUT2D eigenvalue weighted by molar-refractivity contribution is 5.71. The lowest BCUT2D eigenvalue weighted by Gasteiger charge is -2.18. The third-order valence-electron chi connectivity index (χ3n) is 11.6. The summed E-state index contributed by atoms with van der Waals surface area (Å²) in [5.74, 6) is 0.805. The second-order valence-corrected chi connectivity index (χ2v) is 17.8. The van der Waals surface area contributed by atoms with Crippen molar-refractivity contribution < 1.29 is 28.6 Å². The first kappa shape index (κ1) is 54.4. The molecule has 0 fully saturated rings. The molecule has 6 nitrogen and oxygen atoms in total. The standard InChI is InChI=1S/C50H96O6/c1-6-8-9-10-11-20-24-30-35-40-48(51)54-43-47(56-50(53)42-37-32-27-26-29-34-39-46(5)7-2)44-55-49(52)41-36-31-25-22-19-17-15-13-12-14-16-18-21-23-28-33-38-45(3)4/h45-47H,6-44H2,1-5H3/t46?,47-/m0/s1. The van der Waals surface area contributed by atoms with Gasteiger partial charge in [-0.15, -0.1) is 0 Å². The van der Waals surface area contributed by atoms with Crippen molar-refractivity contribution in [3.05, 3.63) is 0 Å². The number of hydrogen-bond acceptors (Lipinski definition) is 6. The molecule has 0 saturated carbocycles. The van der Waals surface area contributed by atoms with E-state index in [1.165, 1.54) is 161 Å². The zero-order valence-corrected chi connectivity index (χ0v) is 38.3. The molecule has 2 atom stereocenters. The molecular formula is C50H96O6. The Morgan fingerprint density at radius 1 is 0.375 bits per heavy atom. The van der Waals surface area contributed by atoms with E-state index in [4.69, 9.17) is 14.2 Å². The van der Waals surface area contributed by atoms with Gasteiger partial charge in [-0.2, -0.15) is 0 Å². The van der Waals surface area contributed by atoms with Gasteiger partial charge in [0.2, 0.25) is 0 Å². The van der Waals surface area contributed by atoms with Crippen LogP contribution in [0.15, 0.2) is 0 Å². The maximum absolute atomic E-state index is 12.7. The number of ether oxygens (including phenoxy) is 3. The second kappa shape index (κ2) is 43.0. The fourth-order valence-electron chi connectivity index (χ4n) is 7.43. The Kier molecular flexibility index (Phi) is 41.8. The topological polar surface area (TPSA) is 78.9 Å². The summed E-state index contributed by atoms with van der Waals surface area (Å²) in [7, 11) is 0. The molecule has 0 N–H and O–H groups in total. The summed E-state index contributed by atoms with van der Waals surface area (Å²) < 4.78 is 16.7. The Bertz CT molecular complexity index is 856. The molecule has 6 heteroatoms. The summed E-state index contributed by atoms with van der Waals surface area (Å²) in [4.78, 5) is 37.7. The van der Waals surface area contributed by atoms with Crippen LogP contribution in [0.25, 0.3) is 0 Å². The Morgan fingerprint density at radius 2 is 0.679 bits per heavy atom. The van der Waals surface area contributed by atoms with E-state index in [2.05, 4.69) is 34.6 Å². The van der Waals surface area contributed by atoms with Crippen molar-refractivity contribution in [3.63, 3.8) is 0 Å². The molecule has 0 aliphatic rings. The van der Waals surface area contributed by atoms with E-state index in [-0.39, 0.29) is 31.1 Å². The lowest BCUT2D eigenvalue weighted by Crippen LogP contribution is -2.30. The van der Waals surface area contributed by atoms with Gasteiger partial charge in [-0.25, -0.2) is 0 Å². The second-order valence-electron chi connectivity index (χ2n) is 17.8. The highest BCUT2D eigenvalue weighted by Crippen LogP contribution is 2.17. The third kappa shape index (κ3) is 42.0. The predicted octanol–water partition coefficient (Wildman–Crippen LogP) is 15.8. The maximum Gasteiger partial charge on any atom is 0.306 e. The third-order valence-corrected chi connectivity index (χ3v) is 11.6. The van der Waals surface area contributed by atoms with E-state index in [1.54, 1.807) is 0 Å². The van der Waals surface area contributed by atoms with Gasteiger partial charge in [0.25, 0.3) is 0 Å². The van der Waals surface area contributed by atoms with Gasteiger partial charge in [-0.3, -0.25) is 14.4 Å². The van der Waals surface area contributed by atoms with Gasteiger partial charge in [0.1, 0.15) is 13.2 Å². The van der Waals surface area contributed by atoms with E-state index in [0.717, 1.165) is 69.6 Å². The van der Waals surface area contributed by atoms with Crippen LogP contribution in [0.2, 0.25) is 0 Å². The Labute approximate surface area is 348 Å². The van der Waals surface area contributed by atoms with Crippen molar-refractivity contribution >= 4 is 17.9 Å². The number of hydrogen-bond donors (Lipinski definition) is 0. The van der Waals surface area contributed by atoms with E-state index in [0.29, 0.717) is 19.3 Å². The zero-order valence-electron chi connectivity index (χ0n) is 38.3. The lowest BCUT2D eigenvalue weighted by molar-refractivity contribution is -0.167. The quantitative estimate of drug-likeness (QED) is 0.0347. The van der Waals surface area contributed by atoms with Crippen LogP contribution in [0.1, 0.15) is 272 Å². The smallest absolute Gasteiger partial charge is 0.306 e. The Balaban J connectivity index is 4.20. The molecule has 0 aromatic rings. The van der Waals surface area contributed by atoms with Crippen molar-refractivity contribution in [1.82, 2.24) is 0 Å². The van der Waals surface area contributed by atoms with E-state index in [1.807, 2.05) is 0 Å². The molecule has 0 aliphatic carbocycles. The van der Waals surface area contributed by atoms with Crippen LogP contribution < -0.4 is 0 Å². The molecule has 0 aliphatic heterocycles. The SMILES string of the molecule is CCCCCCCCCCCC(=O)OC[C@@H](COC(=O)CCCCCCCCCCCCCCCCCCC(C)C)OC(=O)CCCCCCCCC(C)CC. The van der Waals surface area contributed by atoms with Gasteiger partial charge >= 0.3 is 17.9 Å². The molecule has 56 heavy (non-hydrogen) atoms. The predicted molar refractivity (Wildman–Crippen MR) is 238 cm³/mol. The average Bonchev–Trinajstić information content (AvgIpc) is 3.18. The van der Waals surface area contributed by atoms with Crippen molar-refractivity contribution in [2.45, 2.75) is 278 Å². The normalized spacial score (nSPS) is 12.5. The van der Waals surface area contributed by atoms with Crippen molar-refractivity contribution in [2.75, 3.05) is 13.2 Å². The number of carbonyl (C=O) groups is 3. The molecule has 1 unspecified atom stereocenters.